The monoisotopic (exact) mass is 299 g/mol. The van der Waals surface area contributed by atoms with Crippen LogP contribution in [0.2, 0.25) is 0 Å². The lowest BCUT2D eigenvalue weighted by atomic mass is 10.0. The minimum Gasteiger partial charge on any atom is -0.321 e. The van der Waals surface area contributed by atoms with Crippen LogP contribution >= 0.6 is 15.9 Å². The molecule has 1 heterocycles. The Morgan fingerprint density at radius 2 is 1.83 bits per heavy atom. The topological polar surface area (TPSA) is 29.1 Å². The van der Waals surface area contributed by atoms with Gasteiger partial charge in [-0.1, -0.05) is 46.3 Å². The molecule has 3 heteroatoms. The van der Waals surface area contributed by atoms with Crippen molar-refractivity contribution in [2.24, 2.45) is 0 Å². The summed E-state index contributed by atoms with van der Waals surface area (Å²) < 4.78 is 0.969. The molecule has 1 N–H and O–H groups in total. The minimum absolute atomic E-state index is 0.0491. The van der Waals surface area contributed by atoms with Gasteiger partial charge in [-0.05, 0) is 29.8 Å². The number of nitrogens with one attached hydrogen (secondary N) is 1. The predicted molar refractivity (Wildman–Crippen MR) is 77.1 cm³/mol. The van der Waals surface area contributed by atoms with Gasteiger partial charge in [-0.15, -0.1) is 0 Å². The first-order chi connectivity index (χ1) is 8.74. The molecular weight excluding hydrogens is 290 g/mol. The molecule has 0 fully saturated rings. The van der Waals surface area contributed by atoms with E-state index < -0.39 is 0 Å². The van der Waals surface area contributed by atoms with Gasteiger partial charge >= 0.3 is 0 Å². The summed E-state index contributed by atoms with van der Waals surface area (Å²) in [7, 11) is 0. The van der Waals surface area contributed by atoms with Gasteiger partial charge in [0.2, 0.25) is 0 Å². The first kappa shape index (κ1) is 11.2. The molecule has 18 heavy (non-hydrogen) atoms. The van der Waals surface area contributed by atoms with Gasteiger partial charge in [0, 0.05) is 21.3 Å². The summed E-state index contributed by atoms with van der Waals surface area (Å²) >= 11 is 3.43. The molecule has 0 radical (unpaired) electrons. The smallest absolute Gasteiger partial charge is 0.256 e. The highest BCUT2D eigenvalue weighted by atomic mass is 79.9. The van der Waals surface area contributed by atoms with Crippen LogP contribution < -0.4 is 5.32 Å². The lowest BCUT2D eigenvalue weighted by Gasteiger charge is -1.99. The maximum absolute atomic E-state index is 12.0. The average molecular weight is 300 g/mol. The first-order valence-corrected chi connectivity index (χ1v) is 6.41. The van der Waals surface area contributed by atoms with E-state index in [1.54, 1.807) is 0 Å². The Balaban J connectivity index is 2.12. The van der Waals surface area contributed by atoms with E-state index in [-0.39, 0.29) is 5.91 Å². The van der Waals surface area contributed by atoms with Crippen molar-refractivity contribution in [3.63, 3.8) is 0 Å². The van der Waals surface area contributed by atoms with Crippen LogP contribution in [0.15, 0.2) is 53.0 Å². The fraction of sp³-hybridized carbons (Fsp3) is 0. The molecule has 3 rings (SSSR count). The van der Waals surface area contributed by atoms with E-state index in [0.29, 0.717) is 5.57 Å². The molecule has 0 spiro atoms. The number of carbonyl (C=O) groups excluding carboxylic acids is 1. The number of fused-ring (bicyclic) bond motifs is 1. The molecular formula is C15H10BrNO. The van der Waals surface area contributed by atoms with Gasteiger partial charge in [-0.2, -0.15) is 0 Å². The summed E-state index contributed by atoms with van der Waals surface area (Å²) in [6.45, 7) is 0. The molecule has 1 aliphatic rings. The van der Waals surface area contributed by atoms with Crippen molar-refractivity contribution < 1.29 is 4.79 Å². The van der Waals surface area contributed by atoms with Crippen LogP contribution in [0, 0.1) is 0 Å². The lowest BCUT2D eigenvalue weighted by molar-refractivity contribution is -0.110. The average Bonchev–Trinajstić information content (AvgIpc) is 2.67. The quantitative estimate of drug-likeness (QED) is 0.794. The van der Waals surface area contributed by atoms with Gasteiger partial charge in [0.05, 0.1) is 0 Å². The fourth-order valence-electron chi connectivity index (χ4n) is 2.02. The third-order valence-electron chi connectivity index (χ3n) is 2.88. The number of hydrogen-bond donors (Lipinski definition) is 1. The second-order valence-electron chi connectivity index (χ2n) is 4.11. The van der Waals surface area contributed by atoms with Crippen molar-refractivity contribution in [2.75, 3.05) is 5.32 Å². The van der Waals surface area contributed by atoms with Crippen molar-refractivity contribution in [3.8, 4) is 0 Å². The number of carbonyl (C=O) groups is 1. The Morgan fingerprint density at radius 1 is 1.06 bits per heavy atom. The van der Waals surface area contributed by atoms with E-state index >= 15 is 0 Å². The Morgan fingerprint density at radius 3 is 2.61 bits per heavy atom. The molecule has 2 nitrogen and oxygen atoms in total. The summed E-state index contributed by atoms with van der Waals surface area (Å²) in [5, 5.41) is 2.87. The van der Waals surface area contributed by atoms with Gasteiger partial charge in [0.25, 0.3) is 5.91 Å². The summed E-state index contributed by atoms with van der Waals surface area (Å²) in [6.07, 6.45) is 1.91. The molecule has 0 bridgehead atoms. The minimum atomic E-state index is -0.0491. The SMILES string of the molecule is O=C1Nc2ccc(Br)cc2/C1=C/c1ccccc1. The summed E-state index contributed by atoms with van der Waals surface area (Å²) in [5.74, 6) is -0.0491. The predicted octanol–water partition coefficient (Wildman–Crippen LogP) is 3.94. The molecule has 0 saturated carbocycles. The molecule has 1 amide bonds. The van der Waals surface area contributed by atoms with Gasteiger partial charge in [-0.25, -0.2) is 0 Å². The van der Waals surface area contributed by atoms with E-state index in [9.17, 15) is 4.79 Å². The Hall–Kier alpha value is -1.87. The van der Waals surface area contributed by atoms with Gasteiger partial charge in [0.15, 0.2) is 0 Å². The summed E-state index contributed by atoms with van der Waals surface area (Å²) in [5.41, 5.74) is 3.54. The third kappa shape index (κ3) is 1.97. The van der Waals surface area contributed by atoms with Crippen LogP contribution in [0.5, 0.6) is 0 Å². The highest BCUT2D eigenvalue weighted by Gasteiger charge is 2.23. The normalized spacial score (nSPS) is 15.6. The second-order valence-corrected chi connectivity index (χ2v) is 5.03. The number of amides is 1. The molecule has 0 unspecified atom stereocenters. The van der Waals surface area contributed by atoms with Gasteiger partial charge in [0.1, 0.15) is 0 Å². The molecule has 88 valence electrons. The van der Waals surface area contributed by atoms with E-state index in [4.69, 9.17) is 0 Å². The third-order valence-corrected chi connectivity index (χ3v) is 3.37. The van der Waals surface area contributed by atoms with E-state index in [1.165, 1.54) is 0 Å². The van der Waals surface area contributed by atoms with E-state index in [2.05, 4.69) is 21.2 Å². The van der Waals surface area contributed by atoms with Crippen LogP contribution in [0.25, 0.3) is 11.6 Å². The van der Waals surface area contributed by atoms with Crippen molar-refractivity contribution in [2.45, 2.75) is 0 Å². The maximum atomic E-state index is 12.0. The first-order valence-electron chi connectivity index (χ1n) is 5.62. The van der Waals surface area contributed by atoms with Crippen LogP contribution in [-0.4, -0.2) is 5.91 Å². The number of anilines is 1. The van der Waals surface area contributed by atoms with Crippen molar-refractivity contribution in [3.05, 3.63) is 64.1 Å². The molecule has 0 saturated heterocycles. The Labute approximate surface area is 113 Å². The number of rotatable bonds is 1. The highest BCUT2D eigenvalue weighted by molar-refractivity contribution is 9.10. The zero-order chi connectivity index (χ0) is 12.5. The summed E-state index contributed by atoms with van der Waals surface area (Å²) in [4.78, 5) is 12.0. The van der Waals surface area contributed by atoms with Crippen molar-refractivity contribution in [1.29, 1.82) is 0 Å². The Bertz CT molecular complexity index is 647. The van der Waals surface area contributed by atoms with Gasteiger partial charge in [-0.3, -0.25) is 4.79 Å². The molecule has 0 aliphatic carbocycles. The van der Waals surface area contributed by atoms with Crippen molar-refractivity contribution in [1.82, 2.24) is 0 Å². The van der Waals surface area contributed by atoms with Crippen LogP contribution in [0.4, 0.5) is 5.69 Å². The van der Waals surface area contributed by atoms with Gasteiger partial charge < -0.3 is 5.32 Å². The number of hydrogen-bond acceptors (Lipinski definition) is 1. The zero-order valence-electron chi connectivity index (χ0n) is 9.48. The van der Waals surface area contributed by atoms with Crippen LogP contribution in [0.1, 0.15) is 11.1 Å². The second kappa shape index (κ2) is 4.42. The molecule has 0 aromatic heterocycles. The maximum Gasteiger partial charge on any atom is 0.256 e. The summed E-state index contributed by atoms with van der Waals surface area (Å²) in [6, 6.07) is 15.6. The molecule has 1 aliphatic heterocycles. The molecule has 0 atom stereocenters. The number of halogens is 1. The number of benzene rings is 2. The van der Waals surface area contributed by atoms with Crippen LogP contribution in [-0.2, 0) is 4.79 Å². The van der Waals surface area contributed by atoms with Crippen molar-refractivity contribution >= 4 is 39.2 Å². The molecule has 2 aromatic rings. The zero-order valence-corrected chi connectivity index (χ0v) is 11.1. The largest absolute Gasteiger partial charge is 0.321 e. The fourth-order valence-corrected chi connectivity index (χ4v) is 2.38. The van der Waals surface area contributed by atoms with E-state index in [0.717, 1.165) is 21.3 Å². The Kier molecular flexibility index (Phi) is 2.76. The molecule has 2 aromatic carbocycles. The standard InChI is InChI=1S/C15H10BrNO/c16-11-6-7-14-12(9-11)13(15(18)17-14)8-10-4-2-1-3-5-10/h1-9H,(H,17,18)/b13-8-. The van der Waals surface area contributed by atoms with E-state index in [1.807, 2.05) is 54.6 Å². The highest BCUT2D eigenvalue weighted by Crippen LogP contribution is 2.34. The van der Waals surface area contributed by atoms with Crippen LogP contribution in [0.3, 0.4) is 0 Å². The lowest BCUT2D eigenvalue weighted by Crippen LogP contribution is -2.03.